The van der Waals surface area contributed by atoms with Gasteiger partial charge in [0.25, 0.3) is 0 Å². The maximum atomic E-state index is 12.7. The predicted molar refractivity (Wildman–Crippen MR) is 229 cm³/mol. The largest absolute Gasteiger partial charge is 0.462 e. The van der Waals surface area contributed by atoms with Crippen LogP contribution in [0.2, 0.25) is 0 Å². The molecule has 0 rings (SSSR count). The summed E-state index contributed by atoms with van der Waals surface area (Å²) >= 11 is 0. The van der Waals surface area contributed by atoms with E-state index in [2.05, 4.69) is 34.6 Å². The number of carbonyl (C=O) groups excluding carboxylic acids is 3. The molecule has 0 aromatic carbocycles. The van der Waals surface area contributed by atoms with Gasteiger partial charge in [0, 0.05) is 19.3 Å². The van der Waals surface area contributed by atoms with Gasteiger partial charge in [0.15, 0.2) is 6.10 Å². The molecule has 0 spiro atoms. The molecule has 0 aliphatic carbocycles. The molecule has 0 aliphatic rings. The fourth-order valence-electron chi connectivity index (χ4n) is 7.11. The molecule has 0 aromatic heterocycles. The van der Waals surface area contributed by atoms with Crippen LogP contribution in [0.3, 0.4) is 0 Å². The lowest BCUT2D eigenvalue weighted by Crippen LogP contribution is -2.30. The van der Waals surface area contributed by atoms with E-state index in [-0.39, 0.29) is 31.1 Å². The van der Waals surface area contributed by atoms with Crippen molar-refractivity contribution in [3.05, 3.63) is 0 Å². The summed E-state index contributed by atoms with van der Waals surface area (Å²) in [5.41, 5.74) is 0. The maximum absolute atomic E-state index is 12.7. The van der Waals surface area contributed by atoms with Crippen LogP contribution in [0.15, 0.2) is 0 Å². The lowest BCUT2D eigenvalue weighted by Gasteiger charge is -2.18. The second kappa shape index (κ2) is 41.1. The molecule has 0 amide bonds. The van der Waals surface area contributed by atoms with Crippen LogP contribution in [0.4, 0.5) is 0 Å². The SMILES string of the molecule is CCCCCCCCCCCCCCCCCC(=O)O[C@H](COC(=O)CCCCCCCCCCC(C)C)COC(=O)CCCCCCCCCC(C)C. The Bertz CT molecular complexity index is 824. The van der Waals surface area contributed by atoms with Gasteiger partial charge in [0.2, 0.25) is 0 Å². The van der Waals surface area contributed by atoms with Gasteiger partial charge >= 0.3 is 17.9 Å². The highest BCUT2D eigenvalue weighted by atomic mass is 16.6. The first-order chi connectivity index (χ1) is 26.2. The monoisotopic (exact) mass is 765 g/mol. The second-order valence-electron chi connectivity index (χ2n) is 17.3. The van der Waals surface area contributed by atoms with Crippen LogP contribution in [0.25, 0.3) is 0 Å². The topological polar surface area (TPSA) is 78.9 Å². The fraction of sp³-hybridized carbons (Fsp3) is 0.938. The maximum Gasteiger partial charge on any atom is 0.306 e. The quantitative estimate of drug-likeness (QED) is 0.0350. The van der Waals surface area contributed by atoms with E-state index >= 15 is 0 Å². The zero-order valence-corrected chi connectivity index (χ0v) is 36.8. The van der Waals surface area contributed by atoms with Crippen LogP contribution in [-0.4, -0.2) is 37.2 Å². The molecule has 0 N–H and O–H groups in total. The minimum absolute atomic E-state index is 0.0656. The standard InChI is InChI=1S/C48H92O6/c1-6-7-8-9-10-11-12-13-14-15-16-17-24-30-35-40-48(51)54-45(42-53-47(50)39-34-29-25-20-22-27-32-37-44(4)5)41-52-46(49)38-33-28-23-19-18-21-26-31-36-43(2)3/h43-45H,6-42H2,1-5H3/t45-/m1/s1. The Morgan fingerprint density at radius 2 is 0.611 bits per heavy atom. The van der Waals surface area contributed by atoms with Gasteiger partial charge in [-0.25, -0.2) is 0 Å². The molecule has 1 atom stereocenters. The van der Waals surface area contributed by atoms with E-state index in [1.54, 1.807) is 0 Å². The Hall–Kier alpha value is -1.59. The van der Waals surface area contributed by atoms with Crippen molar-refractivity contribution in [1.82, 2.24) is 0 Å². The highest BCUT2D eigenvalue weighted by Gasteiger charge is 2.19. The molecule has 320 valence electrons. The summed E-state index contributed by atoms with van der Waals surface area (Å²) in [6.07, 6.45) is 39.6. The van der Waals surface area contributed by atoms with E-state index in [9.17, 15) is 14.4 Å². The number of rotatable bonds is 42. The first kappa shape index (κ1) is 52.4. The highest BCUT2D eigenvalue weighted by Crippen LogP contribution is 2.17. The third kappa shape index (κ3) is 41.6. The van der Waals surface area contributed by atoms with Crippen LogP contribution in [0.1, 0.15) is 259 Å². The van der Waals surface area contributed by atoms with Gasteiger partial charge in [-0.1, -0.05) is 221 Å². The third-order valence-corrected chi connectivity index (χ3v) is 10.7. The molecule has 6 heteroatoms. The molecule has 6 nitrogen and oxygen atoms in total. The Morgan fingerprint density at radius 1 is 0.352 bits per heavy atom. The van der Waals surface area contributed by atoms with Crippen LogP contribution >= 0.6 is 0 Å². The van der Waals surface area contributed by atoms with Crippen molar-refractivity contribution in [2.45, 2.75) is 265 Å². The summed E-state index contributed by atoms with van der Waals surface area (Å²) in [4.78, 5) is 37.7. The molecule has 54 heavy (non-hydrogen) atoms. The van der Waals surface area contributed by atoms with Crippen molar-refractivity contribution in [2.75, 3.05) is 13.2 Å². The second-order valence-corrected chi connectivity index (χ2v) is 17.3. The Labute approximate surface area is 336 Å². The molecule has 0 bridgehead atoms. The molecule has 0 aliphatic heterocycles. The number of ether oxygens (including phenoxy) is 3. The Balaban J connectivity index is 4.32. The lowest BCUT2D eigenvalue weighted by atomic mass is 10.0. The van der Waals surface area contributed by atoms with Gasteiger partial charge < -0.3 is 14.2 Å². The van der Waals surface area contributed by atoms with E-state index < -0.39 is 6.10 Å². The van der Waals surface area contributed by atoms with Gasteiger partial charge in [-0.05, 0) is 31.1 Å². The van der Waals surface area contributed by atoms with Crippen LogP contribution in [0.5, 0.6) is 0 Å². The zero-order valence-electron chi connectivity index (χ0n) is 36.8. The predicted octanol–water partition coefficient (Wildman–Crippen LogP) is 15.0. The van der Waals surface area contributed by atoms with Crippen LogP contribution < -0.4 is 0 Å². The molecule has 0 unspecified atom stereocenters. The van der Waals surface area contributed by atoms with E-state index in [1.165, 1.54) is 148 Å². The third-order valence-electron chi connectivity index (χ3n) is 10.7. The van der Waals surface area contributed by atoms with Crippen molar-refractivity contribution in [3.63, 3.8) is 0 Å². The minimum Gasteiger partial charge on any atom is -0.462 e. The van der Waals surface area contributed by atoms with Gasteiger partial charge in [0.1, 0.15) is 13.2 Å². The molecule has 0 heterocycles. The number of carbonyl (C=O) groups is 3. The molecule has 0 radical (unpaired) electrons. The summed E-state index contributed by atoms with van der Waals surface area (Å²) in [5, 5.41) is 0. The van der Waals surface area contributed by atoms with Crippen molar-refractivity contribution in [2.24, 2.45) is 11.8 Å². The van der Waals surface area contributed by atoms with E-state index in [1.807, 2.05) is 0 Å². The number of unbranched alkanes of at least 4 members (excludes halogenated alkanes) is 27. The minimum atomic E-state index is -0.761. The first-order valence-corrected chi connectivity index (χ1v) is 23.7. The van der Waals surface area contributed by atoms with Crippen LogP contribution in [-0.2, 0) is 28.6 Å². The van der Waals surface area contributed by atoms with Gasteiger partial charge in [0.05, 0.1) is 0 Å². The summed E-state index contributed by atoms with van der Waals surface area (Å²) in [7, 11) is 0. The average molecular weight is 765 g/mol. The Kier molecular flexibility index (Phi) is 39.8. The van der Waals surface area contributed by atoms with Crippen molar-refractivity contribution < 1.29 is 28.6 Å². The smallest absolute Gasteiger partial charge is 0.306 e. The Morgan fingerprint density at radius 3 is 0.907 bits per heavy atom. The molecule has 0 fully saturated rings. The van der Waals surface area contributed by atoms with Gasteiger partial charge in [-0.15, -0.1) is 0 Å². The average Bonchev–Trinajstić information content (AvgIpc) is 3.14. The zero-order chi connectivity index (χ0) is 39.7. The lowest BCUT2D eigenvalue weighted by molar-refractivity contribution is -0.167. The van der Waals surface area contributed by atoms with E-state index in [4.69, 9.17) is 14.2 Å². The fourth-order valence-corrected chi connectivity index (χ4v) is 7.11. The first-order valence-electron chi connectivity index (χ1n) is 23.7. The molecule has 0 saturated carbocycles. The van der Waals surface area contributed by atoms with Gasteiger partial charge in [-0.3, -0.25) is 14.4 Å². The number of hydrogen-bond donors (Lipinski definition) is 0. The summed E-state index contributed by atoms with van der Waals surface area (Å²) in [6, 6.07) is 0. The van der Waals surface area contributed by atoms with Gasteiger partial charge in [-0.2, -0.15) is 0 Å². The molecule has 0 aromatic rings. The summed E-state index contributed by atoms with van der Waals surface area (Å²) < 4.78 is 16.7. The number of hydrogen-bond acceptors (Lipinski definition) is 6. The van der Waals surface area contributed by atoms with Crippen molar-refractivity contribution in [3.8, 4) is 0 Å². The summed E-state index contributed by atoms with van der Waals surface area (Å²) in [6.45, 7) is 11.3. The van der Waals surface area contributed by atoms with E-state index in [0.29, 0.717) is 19.3 Å². The highest BCUT2D eigenvalue weighted by molar-refractivity contribution is 5.71. The molecule has 0 saturated heterocycles. The molecular weight excluding hydrogens is 673 g/mol. The van der Waals surface area contributed by atoms with Crippen LogP contribution in [0, 0.1) is 11.8 Å². The normalized spacial score (nSPS) is 12.1. The number of esters is 3. The van der Waals surface area contributed by atoms with Crippen molar-refractivity contribution >= 4 is 17.9 Å². The van der Waals surface area contributed by atoms with E-state index in [0.717, 1.165) is 69.6 Å². The molecular formula is C48H92O6. The summed E-state index contributed by atoms with van der Waals surface area (Å²) in [5.74, 6) is 0.719. The van der Waals surface area contributed by atoms with Crippen molar-refractivity contribution in [1.29, 1.82) is 0 Å².